The maximum absolute atomic E-state index is 4.53. The predicted molar refractivity (Wildman–Crippen MR) is 69.8 cm³/mol. The molecule has 0 spiro atoms. The van der Waals surface area contributed by atoms with Crippen molar-refractivity contribution in [1.82, 2.24) is 10.3 Å². The van der Waals surface area contributed by atoms with Gasteiger partial charge in [-0.2, -0.15) is 0 Å². The SMILES string of the molecule is CCNc1cc(CNC(C)C)cc(CC)n1. The highest BCUT2D eigenvalue weighted by molar-refractivity contribution is 5.39. The van der Waals surface area contributed by atoms with Gasteiger partial charge in [-0.15, -0.1) is 0 Å². The van der Waals surface area contributed by atoms with Gasteiger partial charge in [-0.25, -0.2) is 4.98 Å². The molecule has 1 heterocycles. The Morgan fingerprint density at radius 3 is 2.56 bits per heavy atom. The Morgan fingerprint density at radius 2 is 2.00 bits per heavy atom. The van der Waals surface area contributed by atoms with E-state index < -0.39 is 0 Å². The molecule has 0 fully saturated rings. The van der Waals surface area contributed by atoms with Gasteiger partial charge in [0.25, 0.3) is 0 Å². The smallest absolute Gasteiger partial charge is 0.126 e. The van der Waals surface area contributed by atoms with E-state index >= 15 is 0 Å². The summed E-state index contributed by atoms with van der Waals surface area (Å²) >= 11 is 0. The second kappa shape index (κ2) is 6.48. The molecule has 0 atom stereocenters. The topological polar surface area (TPSA) is 37.0 Å². The monoisotopic (exact) mass is 221 g/mol. The molecule has 0 amide bonds. The first-order valence-electron chi connectivity index (χ1n) is 6.12. The van der Waals surface area contributed by atoms with Crippen molar-refractivity contribution in [3.8, 4) is 0 Å². The van der Waals surface area contributed by atoms with Crippen molar-refractivity contribution in [1.29, 1.82) is 0 Å². The van der Waals surface area contributed by atoms with Crippen LogP contribution < -0.4 is 10.6 Å². The van der Waals surface area contributed by atoms with Gasteiger partial charge in [0.2, 0.25) is 0 Å². The first-order valence-corrected chi connectivity index (χ1v) is 6.12. The molecule has 90 valence electrons. The molecular formula is C13H23N3. The molecule has 1 aromatic rings. The summed E-state index contributed by atoms with van der Waals surface area (Å²) in [6, 6.07) is 4.81. The van der Waals surface area contributed by atoms with E-state index in [2.05, 4.69) is 55.4 Å². The highest BCUT2D eigenvalue weighted by atomic mass is 15.0. The Bertz CT molecular complexity index is 321. The fraction of sp³-hybridized carbons (Fsp3) is 0.615. The van der Waals surface area contributed by atoms with E-state index in [-0.39, 0.29) is 0 Å². The second-order valence-electron chi connectivity index (χ2n) is 4.27. The van der Waals surface area contributed by atoms with Crippen LogP contribution in [0.4, 0.5) is 5.82 Å². The lowest BCUT2D eigenvalue weighted by atomic mass is 10.2. The molecular weight excluding hydrogens is 198 g/mol. The van der Waals surface area contributed by atoms with E-state index in [1.165, 1.54) is 5.56 Å². The van der Waals surface area contributed by atoms with Crippen molar-refractivity contribution in [2.75, 3.05) is 11.9 Å². The number of nitrogens with one attached hydrogen (secondary N) is 2. The molecule has 0 saturated heterocycles. The number of rotatable bonds is 6. The number of hydrogen-bond acceptors (Lipinski definition) is 3. The summed E-state index contributed by atoms with van der Waals surface area (Å²) in [7, 11) is 0. The molecule has 2 N–H and O–H groups in total. The minimum atomic E-state index is 0.515. The van der Waals surface area contributed by atoms with E-state index in [9.17, 15) is 0 Å². The Morgan fingerprint density at radius 1 is 1.25 bits per heavy atom. The molecule has 0 unspecified atom stereocenters. The number of nitrogens with zero attached hydrogens (tertiary/aromatic N) is 1. The number of pyridine rings is 1. The van der Waals surface area contributed by atoms with Crippen LogP contribution in [0.1, 0.15) is 39.0 Å². The normalized spacial score (nSPS) is 10.8. The lowest BCUT2D eigenvalue weighted by molar-refractivity contribution is 0.588. The summed E-state index contributed by atoms with van der Waals surface area (Å²) < 4.78 is 0. The first kappa shape index (κ1) is 13.0. The summed E-state index contributed by atoms with van der Waals surface area (Å²) in [5, 5.41) is 6.70. The molecule has 1 rings (SSSR count). The van der Waals surface area contributed by atoms with Gasteiger partial charge in [-0.1, -0.05) is 20.8 Å². The minimum Gasteiger partial charge on any atom is -0.370 e. The fourth-order valence-electron chi connectivity index (χ4n) is 1.53. The zero-order chi connectivity index (χ0) is 12.0. The van der Waals surface area contributed by atoms with E-state index in [0.717, 1.165) is 31.0 Å². The van der Waals surface area contributed by atoms with Crippen LogP contribution >= 0.6 is 0 Å². The highest BCUT2D eigenvalue weighted by Crippen LogP contribution is 2.11. The van der Waals surface area contributed by atoms with Crippen LogP contribution in [0, 0.1) is 0 Å². The number of aryl methyl sites for hydroxylation is 1. The van der Waals surface area contributed by atoms with E-state index in [4.69, 9.17) is 0 Å². The van der Waals surface area contributed by atoms with Crippen LogP contribution in [0.2, 0.25) is 0 Å². The van der Waals surface area contributed by atoms with Crippen LogP contribution in [0.15, 0.2) is 12.1 Å². The van der Waals surface area contributed by atoms with Gasteiger partial charge in [0.05, 0.1) is 0 Å². The Balaban J connectivity index is 2.77. The standard InChI is InChI=1S/C13H23N3/c1-5-12-7-11(9-15-10(3)4)8-13(16-12)14-6-2/h7-8,10,15H,5-6,9H2,1-4H3,(H,14,16). The van der Waals surface area contributed by atoms with Gasteiger partial charge in [0.1, 0.15) is 5.82 Å². The average molecular weight is 221 g/mol. The van der Waals surface area contributed by atoms with Crippen LogP contribution in [-0.2, 0) is 13.0 Å². The second-order valence-corrected chi connectivity index (χ2v) is 4.27. The van der Waals surface area contributed by atoms with Crippen LogP contribution in [0.5, 0.6) is 0 Å². The van der Waals surface area contributed by atoms with Crippen molar-refractivity contribution in [2.45, 2.75) is 46.7 Å². The maximum Gasteiger partial charge on any atom is 0.126 e. The molecule has 0 aliphatic heterocycles. The van der Waals surface area contributed by atoms with Crippen molar-refractivity contribution in [2.24, 2.45) is 0 Å². The quantitative estimate of drug-likeness (QED) is 0.775. The summed E-state index contributed by atoms with van der Waals surface area (Å²) in [5.41, 5.74) is 2.45. The lowest BCUT2D eigenvalue weighted by Crippen LogP contribution is -2.22. The summed E-state index contributed by atoms with van der Waals surface area (Å²) in [6.45, 7) is 10.4. The third-order valence-corrected chi connectivity index (χ3v) is 2.37. The number of anilines is 1. The van der Waals surface area contributed by atoms with Gasteiger partial charge in [-0.05, 0) is 31.0 Å². The molecule has 3 heteroatoms. The molecule has 0 saturated carbocycles. The Hall–Kier alpha value is -1.09. The van der Waals surface area contributed by atoms with Gasteiger partial charge < -0.3 is 10.6 Å². The summed E-state index contributed by atoms with van der Waals surface area (Å²) in [4.78, 5) is 4.53. The molecule has 1 aromatic heterocycles. The molecule has 0 radical (unpaired) electrons. The number of aromatic nitrogens is 1. The first-order chi connectivity index (χ1) is 7.65. The number of hydrogen-bond donors (Lipinski definition) is 2. The minimum absolute atomic E-state index is 0.515. The molecule has 3 nitrogen and oxygen atoms in total. The van der Waals surface area contributed by atoms with Crippen molar-refractivity contribution in [3.63, 3.8) is 0 Å². The van der Waals surface area contributed by atoms with E-state index in [0.29, 0.717) is 6.04 Å². The maximum atomic E-state index is 4.53. The molecule has 0 aliphatic rings. The molecule has 0 aromatic carbocycles. The van der Waals surface area contributed by atoms with Gasteiger partial charge in [0.15, 0.2) is 0 Å². The van der Waals surface area contributed by atoms with Gasteiger partial charge >= 0.3 is 0 Å². The highest BCUT2D eigenvalue weighted by Gasteiger charge is 2.02. The van der Waals surface area contributed by atoms with Crippen molar-refractivity contribution < 1.29 is 0 Å². The van der Waals surface area contributed by atoms with Crippen LogP contribution in [0.25, 0.3) is 0 Å². The fourth-order valence-corrected chi connectivity index (χ4v) is 1.53. The van der Waals surface area contributed by atoms with Crippen molar-refractivity contribution in [3.05, 3.63) is 23.4 Å². The third-order valence-electron chi connectivity index (χ3n) is 2.37. The average Bonchev–Trinajstić information content (AvgIpc) is 2.26. The molecule has 0 aliphatic carbocycles. The zero-order valence-corrected chi connectivity index (χ0v) is 10.8. The summed E-state index contributed by atoms with van der Waals surface area (Å²) in [5.74, 6) is 0.988. The van der Waals surface area contributed by atoms with Crippen LogP contribution in [-0.4, -0.2) is 17.6 Å². The third kappa shape index (κ3) is 4.19. The molecule has 16 heavy (non-hydrogen) atoms. The van der Waals surface area contributed by atoms with Crippen LogP contribution in [0.3, 0.4) is 0 Å². The molecule has 0 bridgehead atoms. The van der Waals surface area contributed by atoms with E-state index in [1.54, 1.807) is 0 Å². The predicted octanol–water partition coefficient (Wildman–Crippen LogP) is 2.57. The van der Waals surface area contributed by atoms with E-state index in [1.807, 2.05) is 0 Å². The van der Waals surface area contributed by atoms with Crippen molar-refractivity contribution >= 4 is 5.82 Å². The van der Waals surface area contributed by atoms with Gasteiger partial charge in [0, 0.05) is 24.8 Å². The Kier molecular flexibility index (Phi) is 5.26. The largest absolute Gasteiger partial charge is 0.370 e. The zero-order valence-electron chi connectivity index (χ0n) is 10.8. The Labute approximate surface area is 98.7 Å². The lowest BCUT2D eigenvalue weighted by Gasteiger charge is -2.11. The van der Waals surface area contributed by atoms with Gasteiger partial charge in [-0.3, -0.25) is 0 Å². The summed E-state index contributed by atoms with van der Waals surface area (Å²) in [6.07, 6.45) is 0.980.